The molecule has 0 amide bonds. The Morgan fingerprint density at radius 3 is 2.76 bits per heavy atom. The van der Waals surface area contributed by atoms with E-state index in [0.717, 1.165) is 11.8 Å². The first-order valence-corrected chi connectivity index (χ1v) is 6.20. The average molecular weight is 268 g/mol. The van der Waals surface area contributed by atoms with Crippen molar-refractivity contribution in [3.8, 4) is 0 Å². The number of thioether (sulfide) groups is 1. The molecule has 0 aromatic heterocycles. The summed E-state index contributed by atoms with van der Waals surface area (Å²) in [5.41, 5.74) is -0.641. The van der Waals surface area contributed by atoms with Crippen molar-refractivity contribution in [2.75, 3.05) is 6.54 Å². The normalized spacial score (nSPS) is 43.9. The Labute approximate surface area is 101 Å². The zero-order valence-corrected chi connectivity index (χ0v) is 9.90. The van der Waals surface area contributed by atoms with E-state index in [2.05, 4.69) is 10.3 Å². The predicted octanol–water partition coefficient (Wildman–Crippen LogP) is -0.221. The average Bonchev–Trinajstić information content (AvgIpc) is 2.66. The Bertz CT molecular complexity index is 319. The number of fused-ring (bicyclic) bond motifs is 1. The van der Waals surface area contributed by atoms with Crippen molar-refractivity contribution in [3.63, 3.8) is 0 Å². The summed E-state index contributed by atoms with van der Waals surface area (Å²) in [6.07, 6.45) is -7.36. The van der Waals surface area contributed by atoms with E-state index in [1.807, 2.05) is 6.92 Å². The fraction of sp³-hybridized carbons (Fsp3) is 0.889. The van der Waals surface area contributed by atoms with Crippen molar-refractivity contribution in [1.82, 2.24) is 5.32 Å². The van der Waals surface area contributed by atoms with E-state index in [9.17, 15) is 19.0 Å². The maximum Gasteiger partial charge on any atom is 0.267 e. The van der Waals surface area contributed by atoms with Gasteiger partial charge in [0.25, 0.3) is 6.43 Å². The number of hydrogen-bond donors (Lipinski definition) is 3. The summed E-state index contributed by atoms with van der Waals surface area (Å²) in [5, 5.41) is 22.7. The highest BCUT2D eigenvalue weighted by atomic mass is 32.2. The lowest BCUT2D eigenvalue weighted by Gasteiger charge is -2.38. The maximum absolute atomic E-state index is 12.6. The highest BCUT2D eigenvalue weighted by molar-refractivity contribution is 8.14. The number of aliphatic hydroxyl groups excluding tert-OH is 2. The standard InChI is InChI=1S/C9H14F2N2O3S/c1-2-12-9-13-3-4(14)5(15)6(7(10)11)16-8(3)17-9/h3-8,14-15H,2H2,1H3,(H,12,13)/t3-,4-,5-,6?,8-/m1/s1. The Morgan fingerprint density at radius 1 is 1.47 bits per heavy atom. The monoisotopic (exact) mass is 268 g/mol. The van der Waals surface area contributed by atoms with Crippen LogP contribution in [0.5, 0.6) is 0 Å². The summed E-state index contributed by atoms with van der Waals surface area (Å²) in [6.45, 7) is 2.39. The van der Waals surface area contributed by atoms with E-state index in [4.69, 9.17) is 4.74 Å². The molecule has 98 valence electrons. The van der Waals surface area contributed by atoms with Crippen LogP contribution in [0.4, 0.5) is 8.78 Å². The van der Waals surface area contributed by atoms with Crippen LogP contribution >= 0.6 is 11.8 Å². The minimum Gasteiger partial charge on any atom is -0.388 e. The molecule has 5 atom stereocenters. The number of rotatable bonds is 2. The quantitative estimate of drug-likeness (QED) is 0.645. The minimum absolute atomic E-state index is 0.545. The highest BCUT2D eigenvalue weighted by Crippen LogP contribution is 2.35. The topological polar surface area (TPSA) is 74.1 Å². The third kappa shape index (κ3) is 2.40. The van der Waals surface area contributed by atoms with Crippen molar-refractivity contribution >= 4 is 16.9 Å². The molecule has 0 spiro atoms. The van der Waals surface area contributed by atoms with Gasteiger partial charge in [-0.25, -0.2) is 8.78 Å². The molecule has 0 bridgehead atoms. The molecule has 0 aromatic carbocycles. The minimum atomic E-state index is -2.83. The number of aliphatic hydroxyl groups is 2. The van der Waals surface area contributed by atoms with Crippen LogP contribution in [-0.4, -0.2) is 58.1 Å². The summed E-state index contributed by atoms with van der Waals surface area (Å²) in [6, 6.07) is -0.602. The number of amidine groups is 1. The van der Waals surface area contributed by atoms with Gasteiger partial charge in [0, 0.05) is 6.54 Å². The van der Waals surface area contributed by atoms with Crippen molar-refractivity contribution in [2.45, 2.75) is 43.1 Å². The molecule has 1 unspecified atom stereocenters. The zero-order chi connectivity index (χ0) is 12.6. The molecule has 17 heavy (non-hydrogen) atoms. The SMILES string of the molecule is CCN=C1N[C@@H]2[C@@H](O)[C@@H](O)C(C(F)F)O[C@@H]2S1. The molecule has 2 heterocycles. The van der Waals surface area contributed by atoms with E-state index in [0.29, 0.717) is 11.7 Å². The second-order valence-corrected chi connectivity index (χ2v) is 4.94. The third-order valence-corrected chi connectivity index (χ3v) is 3.81. The van der Waals surface area contributed by atoms with E-state index in [1.54, 1.807) is 0 Å². The smallest absolute Gasteiger partial charge is 0.267 e. The van der Waals surface area contributed by atoms with Gasteiger partial charge in [-0.1, -0.05) is 11.8 Å². The lowest BCUT2D eigenvalue weighted by atomic mass is 9.98. The number of ether oxygens (including phenoxy) is 1. The number of halogens is 2. The molecule has 0 saturated carbocycles. The van der Waals surface area contributed by atoms with Gasteiger partial charge in [-0.05, 0) is 6.92 Å². The fourth-order valence-corrected chi connectivity index (χ4v) is 3.05. The Kier molecular flexibility index (Phi) is 3.86. The second kappa shape index (κ2) is 5.05. The van der Waals surface area contributed by atoms with Crippen LogP contribution in [0, 0.1) is 0 Å². The third-order valence-electron chi connectivity index (χ3n) is 2.71. The van der Waals surface area contributed by atoms with Crippen LogP contribution < -0.4 is 5.32 Å². The molecule has 8 heteroatoms. The lowest BCUT2D eigenvalue weighted by molar-refractivity contribution is -0.195. The van der Waals surface area contributed by atoms with Gasteiger partial charge >= 0.3 is 0 Å². The van der Waals surface area contributed by atoms with Crippen molar-refractivity contribution < 1.29 is 23.7 Å². The zero-order valence-electron chi connectivity index (χ0n) is 9.09. The van der Waals surface area contributed by atoms with E-state index in [-0.39, 0.29) is 0 Å². The molecular weight excluding hydrogens is 254 g/mol. The Balaban J connectivity index is 2.12. The Hall–Kier alpha value is -0.440. The second-order valence-electron chi connectivity index (χ2n) is 3.85. The van der Waals surface area contributed by atoms with Gasteiger partial charge in [0.1, 0.15) is 23.7 Å². The number of alkyl halides is 2. The van der Waals surface area contributed by atoms with E-state index < -0.39 is 36.2 Å². The largest absolute Gasteiger partial charge is 0.388 e. The molecule has 0 radical (unpaired) electrons. The van der Waals surface area contributed by atoms with Crippen LogP contribution in [0.3, 0.4) is 0 Å². The molecule has 2 aliphatic heterocycles. The van der Waals surface area contributed by atoms with Crippen LogP contribution in [0.1, 0.15) is 6.92 Å². The summed E-state index contributed by atoms with van der Waals surface area (Å²) >= 11 is 1.16. The van der Waals surface area contributed by atoms with Gasteiger partial charge in [0.05, 0.1) is 6.04 Å². The summed E-state index contributed by atoms with van der Waals surface area (Å²) in [5.74, 6) is 0. The first-order chi connectivity index (χ1) is 8.04. The summed E-state index contributed by atoms with van der Waals surface area (Å²) < 4.78 is 30.3. The first-order valence-electron chi connectivity index (χ1n) is 5.32. The van der Waals surface area contributed by atoms with Gasteiger partial charge < -0.3 is 20.3 Å². The van der Waals surface area contributed by atoms with Gasteiger partial charge in [-0.3, -0.25) is 4.99 Å². The molecule has 0 aromatic rings. The Morgan fingerprint density at radius 2 is 2.18 bits per heavy atom. The van der Waals surface area contributed by atoms with Crippen LogP contribution in [0.15, 0.2) is 4.99 Å². The van der Waals surface area contributed by atoms with Crippen LogP contribution in [-0.2, 0) is 4.74 Å². The summed E-state index contributed by atoms with van der Waals surface area (Å²) in [7, 11) is 0. The maximum atomic E-state index is 12.6. The lowest BCUT2D eigenvalue weighted by Crippen LogP contribution is -2.60. The predicted molar refractivity (Wildman–Crippen MR) is 59.2 cm³/mol. The highest BCUT2D eigenvalue weighted by Gasteiger charge is 2.51. The van der Waals surface area contributed by atoms with E-state index >= 15 is 0 Å². The fourth-order valence-electron chi connectivity index (χ4n) is 1.86. The first kappa shape index (κ1) is 13.0. The molecule has 3 N–H and O–H groups in total. The molecule has 2 rings (SSSR count). The molecule has 2 aliphatic rings. The molecule has 5 nitrogen and oxygen atoms in total. The van der Waals surface area contributed by atoms with E-state index in [1.165, 1.54) is 0 Å². The van der Waals surface area contributed by atoms with Gasteiger partial charge in [0.2, 0.25) is 0 Å². The number of hydrogen-bond acceptors (Lipinski definition) is 5. The number of nitrogens with one attached hydrogen (secondary N) is 1. The molecule has 0 aliphatic carbocycles. The number of aliphatic imine (C=N–C) groups is 1. The van der Waals surface area contributed by atoms with Gasteiger partial charge in [-0.15, -0.1) is 0 Å². The van der Waals surface area contributed by atoms with Crippen molar-refractivity contribution in [1.29, 1.82) is 0 Å². The van der Waals surface area contributed by atoms with Crippen LogP contribution in [0.2, 0.25) is 0 Å². The van der Waals surface area contributed by atoms with Gasteiger partial charge in [-0.2, -0.15) is 0 Å². The van der Waals surface area contributed by atoms with Crippen LogP contribution in [0.25, 0.3) is 0 Å². The molecule has 2 fully saturated rings. The number of nitrogens with zero attached hydrogens (tertiary/aromatic N) is 1. The molecular formula is C9H14F2N2O3S. The summed E-state index contributed by atoms with van der Waals surface area (Å²) in [4.78, 5) is 4.09. The van der Waals surface area contributed by atoms with Crippen molar-refractivity contribution in [2.24, 2.45) is 4.99 Å². The van der Waals surface area contributed by atoms with Gasteiger partial charge in [0.15, 0.2) is 5.17 Å². The molecule has 2 saturated heterocycles. The van der Waals surface area contributed by atoms with Crippen molar-refractivity contribution in [3.05, 3.63) is 0 Å².